The SMILES string of the molecule is O=C(Cl)c1cc(Cl)cc(B2OCCO2)c1. The molecule has 1 saturated heterocycles. The van der Waals surface area contributed by atoms with Crippen molar-refractivity contribution < 1.29 is 14.1 Å². The van der Waals surface area contributed by atoms with Gasteiger partial charge in [-0.15, -0.1) is 0 Å². The van der Waals surface area contributed by atoms with E-state index in [0.29, 0.717) is 29.3 Å². The van der Waals surface area contributed by atoms with Gasteiger partial charge in [-0.1, -0.05) is 17.7 Å². The van der Waals surface area contributed by atoms with Gasteiger partial charge in [-0.05, 0) is 29.2 Å². The van der Waals surface area contributed by atoms with Crippen molar-refractivity contribution >= 4 is 41.0 Å². The molecule has 0 amide bonds. The Hall–Kier alpha value is -0.545. The molecule has 0 aliphatic carbocycles. The third-order valence-electron chi connectivity index (χ3n) is 2.04. The van der Waals surface area contributed by atoms with Crippen LogP contribution in [-0.2, 0) is 9.31 Å². The number of carbonyl (C=O) groups is 1. The minimum Gasteiger partial charge on any atom is -0.405 e. The van der Waals surface area contributed by atoms with Crippen molar-refractivity contribution in [3.63, 3.8) is 0 Å². The van der Waals surface area contributed by atoms with Crippen molar-refractivity contribution in [2.75, 3.05) is 13.2 Å². The van der Waals surface area contributed by atoms with Crippen LogP contribution in [0.1, 0.15) is 10.4 Å². The second kappa shape index (κ2) is 4.53. The molecule has 78 valence electrons. The Bertz CT molecular complexity index is 391. The largest absolute Gasteiger partial charge is 0.494 e. The van der Waals surface area contributed by atoms with E-state index in [1.54, 1.807) is 12.1 Å². The van der Waals surface area contributed by atoms with E-state index < -0.39 is 12.4 Å². The van der Waals surface area contributed by atoms with Gasteiger partial charge in [0.05, 0.1) is 13.2 Å². The maximum absolute atomic E-state index is 11.0. The lowest BCUT2D eigenvalue weighted by atomic mass is 9.79. The third-order valence-corrected chi connectivity index (χ3v) is 2.48. The molecular weight excluding hydrogens is 238 g/mol. The van der Waals surface area contributed by atoms with Crippen LogP contribution < -0.4 is 5.46 Å². The van der Waals surface area contributed by atoms with Crippen molar-refractivity contribution in [3.8, 4) is 0 Å². The molecule has 1 fully saturated rings. The van der Waals surface area contributed by atoms with Crippen molar-refractivity contribution in [1.29, 1.82) is 0 Å². The zero-order valence-corrected chi connectivity index (χ0v) is 9.22. The molecule has 1 aliphatic heterocycles. The van der Waals surface area contributed by atoms with E-state index in [1.165, 1.54) is 6.07 Å². The first-order valence-corrected chi connectivity index (χ1v) is 5.16. The van der Waals surface area contributed by atoms with Gasteiger partial charge in [0.25, 0.3) is 5.24 Å². The number of carbonyl (C=O) groups excluding carboxylic acids is 1. The van der Waals surface area contributed by atoms with E-state index >= 15 is 0 Å². The Morgan fingerprint density at radius 1 is 1.27 bits per heavy atom. The smallest absolute Gasteiger partial charge is 0.405 e. The van der Waals surface area contributed by atoms with Crippen LogP contribution in [-0.4, -0.2) is 25.6 Å². The highest BCUT2D eigenvalue weighted by molar-refractivity contribution is 6.68. The van der Waals surface area contributed by atoms with Gasteiger partial charge in [0.2, 0.25) is 0 Å². The van der Waals surface area contributed by atoms with Crippen LogP contribution >= 0.6 is 23.2 Å². The van der Waals surface area contributed by atoms with Gasteiger partial charge in [-0.3, -0.25) is 4.79 Å². The first-order chi connectivity index (χ1) is 7.16. The van der Waals surface area contributed by atoms with Crippen molar-refractivity contribution in [3.05, 3.63) is 28.8 Å². The highest BCUT2D eigenvalue weighted by atomic mass is 35.5. The Morgan fingerprint density at radius 2 is 1.93 bits per heavy atom. The molecule has 2 rings (SSSR count). The second-order valence-corrected chi connectivity index (χ2v) is 3.90. The summed E-state index contributed by atoms with van der Waals surface area (Å²) in [5.41, 5.74) is 1.06. The monoisotopic (exact) mass is 244 g/mol. The summed E-state index contributed by atoms with van der Waals surface area (Å²) in [5.74, 6) is 0. The minimum atomic E-state index is -0.545. The van der Waals surface area contributed by atoms with Crippen LogP contribution in [0.5, 0.6) is 0 Å². The standard InChI is InChI=1S/C9H7BCl2O3/c11-8-4-6(9(12)13)3-7(5-8)10-14-1-2-15-10/h3-5H,1-2H2. The van der Waals surface area contributed by atoms with E-state index in [2.05, 4.69) is 0 Å². The van der Waals surface area contributed by atoms with Gasteiger partial charge in [0, 0.05) is 10.6 Å². The zero-order valence-electron chi connectivity index (χ0n) is 7.70. The molecule has 15 heavy (non-hydrogen) atoms. The van der Waals surface area contributed by atoms with Crippen LogP contribution in [0.2, 0.25) is 5.02 Å². The van der Waals surface area contributed by atoms with Gasteiger partial charge in [0.1, 0.15) is 0 Å². The van der Waals surface area contributed by atoms with Gasteiger partial charge in [-0.25, -0.2) is 0 Å². The molecule has 1 aliphatic rings. The fraction of sp³-hybridized carbons (Fsp3) is 0.222. The fourth-order valence-electron chi connectivity index (χ4n) is 1.41. The molecule has 0 spiro atoms. The Kier molecular flexibility index (Phi) is 3.31. The Labute approximate surface area is 97.4 Å². The molecule has 3 nitrogen and oxygen atoms in total. The van der Waals surface area contributed by atoms with E-state index in [1.807, 2.05) is 0 Å². The van der Waals surface area contributed by atoms with Gasteiger partial charge in [0.15, 0.2) is 0 Å². The fourth-order valence-corrected chi connectivity index (χ4v) is 1.77. The molecule has 0 N–H and O–H groups in total. The summed E-state index contributed by atoms with van der Waals surface area (Å²) in [4.78, 5) is 11.0. The average molecular weight is 245 g/mol. The van der Waals surface area contributed by atoms with E-state index in [4.69, 9.17) is 32.5 Å². The summed E-state index contributed by atoms with van der Waals surface area (Å²) >= 11 is 11.2. The molecule has 1 heterocycles. The summed E-state index contributed by atoms with van der Waals surface area (Å²) in [7, 11) is -0.446. The van der Waals surface area contributed by atoms with Gasteiger partial charge >= 0.3 is 7.12 Å². The Balaban J connectivity index is 2.34. The highest BCUT2D eigenvalue weighted by Crippen LogP contribution is 2.13. The van der Waals surface area contributed by atoms with E-state index in [9.17, 15) is 4.79 Å². The number of hydrogen-bond acceptors (Lipinski definition) is 3. The molecule has 0 saturated carbocycles. The van der Waals surface area contributed by atoms with E-state index in [0.717, 1.165) is 0 Å². The third kappa shape index (κ3) is 2.52. The lowest BCUT2D eigenvalue weighted by Gasteiger charge is -2.06. The maximum Gasteiger partial charge on any atom is 0.494 e. The maximum atomic E-state index is 11.0. The molecule has 6 heteroatoms. The number of benzene rings is 1. The van der Waals surface area contributed by atoms with Crippen molar-refractivity contribution in [2.24, 2.45) is 0 Å². The van der Waals surface area contributed by atoms with Crippen LogP contribution in [0.15, 0.2) is 18.2 Å². The number of hydrogen-bond donors (Lipinski definition) is 0. The lowest BCUT2D eigenvalue weighted by Crippen LogP contribution is -2.32. The quantitative estimate of drug-likeness (QED) is 0.584. The molecule has 0 aromatic heterocycles. The molecule has 1 aromatic rings. The molecular formula is C9H7BCl2O3. The minimum absolute atomic E-state index is 0.346. The summed E-state index contributed by atoms with van der Waals surface area (Å²) in [6, 6.07) is 4.83. The highest BCUT2D eigenvalue weighted by Gasteiger charge is 2.27. The molecule has 1 aromatic carbocycles. The lowest BCUT2D eigenvalue weighted by molar-refractivity contribution is 0.108. The summed E-state index contributed by atoms with van der Waals surface area (Å²) in [6.45, 7) is 1.09. The molecule has 0 atom stereocenters. The van der Waals surface area contributed by atoms with Crippen molar-refractivity contribution in [2.45, 2.75) is 0 Å². The second-order valence-electron chi connectivity index (χ2n) is 3.12. The van der Waals surface area contributed by atoms with E-state index in [-0.39, 0.29) is 0 Å². The first-order valence-electron chi connectivity index (χ1n) is 4.40. The van der Waals surface area contributed by atoms with Crippen LogP contribution in [0, 0.1) is 0 Å². The van der Waals surface area contributed by atoms with Crippen LogP contribution in [0.4, 0.5) is 0 Å². The van der Waals surface area contributed by atoms with Crippen LogP contribution in [0.25, 0.3) is 0 Å². The summed E-state index contributed by atoms with van der Waals surface area (Å²) in [6.07, 6.45) is 0. The molecule has 0 radical (unpaired) electrons. The summed E-state index contributed by atoms with van der Waals surface area (Å²) in [5, 5.41) is -0.104. The number of rotatable bonds is 2. The first kappa shape index (κ1) is 11.0. The zero-order chi connectivity index (χ0) is 10.8. The van der Waals surface area contributed by atoms with Crippen molar-refractivity contribution in [1.82, 2.24) is 0 Å². The van der Waals surface area contributed by atoms with Gasteiger partial charge in [-0.2, -0.15) is 0 Å². The predicted molar refractivity (Wildman–Crippen MR) is 58.9 cm³/mol. The number of halogens is 2. The predicted octanol–water partition coefficient (Wildman–Crippen LogP) is 1.46. The topological polar surface area (TPSA) is 35.5 Å². The van der Waals surface area contributed by atoms with Gasteiger partial charge < -0.3 is 9.31 Å². The molecule has 0 bridgehead atoms. The average Bonchev–Trinajstić information content (AvgIpc) is 2.69. The summed E-state index contributed by atoms with van der Waals surface area (Å²) < 4.78 is 10.6. The normalized spacial score (nSPS) is 15.7. The Morgan fingerprint density at radius 3 is 2.53 bits per heavy atom. The van der Waals surface area contributed by atoms with Crippen LogP contribution in [0.3, 0.4) is 0 Å². The molecule has 0 unspecified atom stereocenters.